The third-order valence-corrected chi connectivity index (χ3v) is 4.87. The second-order valence-electron chi connectivity index (χ2n) is 4.96. The van der Waals surface area contributed by atoms with Crippen molar-refractivity contribution in [2.45, 2.75) is 25.4 Å². The lowest BCUT2D eigenvalue weighted by atomic mass is 9.94. The van der Waals surface area contributed by atoms with Crippen LogP contribution in [0.1, 0.15) is 28.8 Å². The highest BCUT2D eigenvalue weighted by Gasteiger charge is 2.30. The van der Waals surface area contributed by atoms with E-state index in [1.165, 1.54) is 0 Å². The molecule has 104 valence electrons. The molecule has 1 heterocycles. The maximum atomic E-state index is 12.1. The molecule has 0 atom stereocenters. The van der Waals surface area contributed by atoms with Crippen molar-refractivity contribution in [2.24, 2.45) is 0 Å². The molecule has 1 aliphatic heterocycles. The second-order valence-corrected chi connectivity index (χ2v) is 6.03. The molecular weight excluding hydrogens is 357 g/mol. The van der Waals surface area contributed by atoms with Gasteiger partial charge in [-0.2, -0.15) is 0 Å². The van der Waals surface area contributed by atoms with Crippen LogP contribution in [0.2, 0.25) is 0 Å². The molecule has 2 N–H and O–H groups in total. The lowest BCUT2D eigenvalue weighted by Gasteiger charge is -2.32. The van der Waals surface area contributed by atoms with Crippen molar-refractivity contribution in [1.82, 2.24) is 5.32 Å². The molecule has 2 rings (SSSR count). The van der Waals surface area contributed by atoms with Crippen molar-refractivity contribution in [2.75, 3.05) is 19.8 Å². The van der Waals surface area contributed by atoms with Gasteiger partial charge in [0.05, 0.1) is 11.2 Å². The predicted molar refractivity (Wildman–Crippen MR) is 81.2 cm³/mol. The Labute approximate surface area is 126 Å². The summed E-state index contributed by atoms with van der Waals surface area (Å²) >= 11 is 2.17. The fourth-order valence-corrected chi connectivity index (χ4v) is 2.70. The maximum absolute atomic E-state index is 12.1. The Morgan fingerprint density at radius 1 is 1.47 bits per heavy atom. The first-order valence-electron chi connectivity index (χ1n) is 6.35. The van der Waals surface area contributed by atoms with Crippen molar-refractivity contribution in [1.29, 1.82) is 0 Å². The average molecular weight is 375 g/mol. The third kappa shape index (κ3) is 3.67. The largest absolute Gasteiger partial charge is 0.388 e. The molecule has 4 nitrogen and oxygen atoms in total. The summed E-state index contributed by atoms with van der Waals surface area (Å²) in [7, 11) is 0. The number of benzene rings is 1. The molecule has 5 heteroatoms. The highest BCUT2D eigenvalue weighted by Crippen LogP contribution is 2.20. The zero-order valence-electron chi connectivity index (χ0n) is 10.9. The number of hydrogen-bond acceptors (Lipinski definition) is 3. The summed E-state index contributed by atoms with van der Waals surface area (Å²) < 4.78 is 6.17. The van der Waals surface area contributed by atoms with Gasteiger partial charge in [0.25, 0.3) is 5.91 Å². The lowest BCUT2D eigenvalue weighted by Crippen LogP contribution is -2.46. The summed E-state index contributed by atoms with van der Waals surface area (Å²) in [5.41, 5.74) is 0.915. The number of aliphatic hydroxyl groups is 1. The smallest absolute Gasteiger partial charge is 0.252 e. The molecule has 0 bridgehead atoms. The SMILES string of the molecule is Cc1cccc(C(=O)NCC2(O)CCOCC2)c1I. The van der Waals surface area contributed by atoms with Gasteiger partial charge >= 0.3 is 0 Å². The number of aryl methyl sites for hydroxylation is 1. The molecule has 0 spiro atoms. The van der Waals surface area contributed by atoms with Crippen molar-refractivity contribution in [3.63, 3.8) is 0 Å². The highest BCUT2D eigenvalue weighted by atomic mass is 127. The number of carbonyl (C=O) groups excluding carboxylic acids is 1. The average Bonchev–Trinajstić information content (AvgIpc) is 2.40. The molecule has 1 aliphatic rings. The number of hydrogen-bond donors (Lipinski definition) is 2. The molecular formula is C14H18INO3. The zero-order valence-corrected chi connectivity index (χ0v) is 13.1. The van der Waals surface area contributed by atoms with E-state index >= 15 is 0 Å². The summed E-state index contributed by atoms with van der Waals surface area (Å²) in [6.45, 7) is 3.35. The number of rotatable bonds is 3. The zero-order chi connectivity index (χ0) is 13.9. The lowest BCUT2D eigenvalue weighted by molar-refractivity contribution is -0.0605. The van der Waals surface area contributed by atoms with Crippen LogP contribution in [0, 0.1) is 10.5 Å². The molecule has 19 heavy (non-hydrogen) atoms. The molecule has 1 aromatic carbocycles. The summed E-state index contributed by atoms with van der Waals surface area (Å²) in [6.07, 6.45) is 1.14. The summed E-state index contributed by atoms with van der Waals surface area (Å²) in [6, 6.07) is 5.65. The van der Waals surface area contributed by atoms with Crippen LogP contribution >= 0.6 is 22.6 Å². The molecule has 1 aromatic rings. The molecule has 0 aromatic heterocycles. The third-order valence-electron chi connectivity index (χ3n) is 3.44. The Morgan fingerprint density at radius 3 is 2.84 bits per heavy atom. The molecule has 1 amide bonds. The Morgan fingerprint density at radius 2 is 2.16 bits per heavy atom. The van der Waals surface area contributed by atoms with Gasteiger partial charge in [0.2, 0.25) is 0 Å². The number of ether oxygens (including phenoxy) is 1. The first kappa shape index (κ1) is 14.7. The number of amides is 1. The maximum Gasteiger partial charge on any atom is 0.252 e. The van der Waals surface area contributed by atoms with Gasteiger partial charge in [-0.15, -0.1) is 0 Å². The van der Waals surface area contributed by atoms with Gasteiger partial charge in [0, 0.05) is 36.2 Å². The summed E-state index contributed by atoms with van der Waals surface area (Å²) in [4.78, 5) is 12.1. The van der Waals surface area contributed by atoms with Gasteiger partial charge < -0.3 is 15.2 Å². The minimum Gasteiger partial charge on any atom is -0.388 e. The minimum absolute atomic E-state index is 0.131. The van der Waals surface area contributed by atoms with E-state index in [4.69, 9.17) is 4.74 Å². The minimum atomic E-state index is -0.830. The van der Waals surface area contributed by atoms with E-state index in [9.17, 15) is 9.90 Å². The first-order chi connectivity index (χ1) is 9.02. The quantitative estimate of drug-likeness (QED) is 0.794. The van der Waals surface area contributed by atoms with Crippen LogP contribution in [0.25, 0.3) is 0 Å². The van der Waals surface area contributed by atoms with Crippen LogP contribution in [0.3, 0.4) is 0 Å². The fraction of sp³-hybridized carbons (Fsp3) is 0.500. The normalized spacial score (nSPS) is 18.1. The topological polar surface area (TPSA) is 58.6 Å². The van der Waals surface area contributed by atoms with E-state index in [-0.39, 0.29) is 12.5 Å². The van der Waals surface area contributed by atoms with Crippen LogP contribution in [-0.4, -0.2) is 36.4 Å². The summed E-state index contributed by atoms with van der Waals surface area (Å²) in [5, 5.41) is 13.1. The number of carbonyl (C=O) groups is 1. The van der Waals surface area contributed by atoms with Crippen LogP contribution < -0.4 is 5.32 Å². The van der Waals surface area contributed by atoms with Crippen LogP contribution in [0.5, 0.6) is 0 Å². The van der Waals surface area contributed by atoms with E-state index in [1.54, 1.807) is 6.07 Å². The van der Waals surface area contributed by atoms with Crippen LogP contribution in [0.15, 0.2) is 18.2 Å². The predicted octanol–water partition coefficient (Wildman–Crippen LogP) is 1.87. The Kier molecular flexibility index (Phi) is 4.81. The van der Waals surface area contributed by atoms with Gasteiger partial charge in [-0.3, -0.25) is 4.79 Å². The van der Waals surface area contributed by atoms with E-state index in [0.29, 0.717) is 31.6 Å². The van der Waals surface area contributed by atoms with Crippen molar-refractivity contribution in [3.8, 4) is 0 Å². The van der Waals surface area contributed by atoms with Gasteiger partial charge in [-0.05, 0) is 41.1 Å². The van der Waals surface area contributed by atoms with E-state index < -0.39 is 5.60 Å². The Bertz CT molecular complexity index is 470. The fourth-order valence-electron chi connectivity index (χ4n) is 2.09. The van der Waals surface area contributed by atoms with E-state index in [0.717, 1.165) is 9.13 Å². The molecule has 1 fully saturated rings. The standard InChI is InChI=1S/C14H18INO3/c1-10-3-2-4-11(12(10)15)13(17)16-9-14(18)5-7-19-8-6-14/h2-4,18H,5-9H2,1H3,(H,16,17). The molecule has 0 saturated carbocycles. The highest BCUT2D eigenvalue weighted by molar-refractivity contribution is 14.1. The van der Waals surface area contributed by atoms with Crippen LogP contribution in [0.4, 0.5) is 0 Å². The van der Waals surface area contributed by atoms with Crippen molar-refractivity contribution < 1.29 is 14.6 Å². The van der Waals surface area contributed by atoms with Gasteiger partial charge in [0.15, 0.2) is 0 Å². The van der Waals surface area contributed by atoms with Gasteiger partial charge in [0.1, 0.15) is 0 Å². The van der Waals surface area contributed by atoms with Gasteiger partial charge in [-0.25, -0.2) is 0 Å². The van der Waals surface area contributed by atoms with Crippen molar-refractivity contribution >= 4 is 28.5 Å². The van der Waals surface area contributed by atoms with Gasteiger partial charge in [-0.1, -0.05) is 12.1 Å². The molecule has 0 aliphatic carbocycles. The van der Waals surface area contributed by atoms with E-state index in [2.05, 4.69) is 27.9 Å². The molecule has 0 unspecified atom stereocenters. The number of halogens is 1. The monoisotopic (exact) mass is 375 g/mol. The van der Waals surface area contributed by atoms with Crippen LogP contribution in [-0.2, 0) is 4.74 Å². The Balaban J connectivity index is 1.99. The Hall–Kier alpha value is -0.660. The summed E-state index contributed by atoms with van der Waals surface area (Å²) in [5.74, 6) is -0.131. The second kappa shape index (κ2) is 6.19. The van der Waals surface area contributed by atoms with E-state index in [1.807, 2.05) is 19.1 Å². The molecule has 0 radical (unpaired) electrons. The first-order valence-corrected chi connectivity index (χ1v) is 7.43. The molecule has 1 saturated heterocycles. The van der Waals surface area contributed by atoms with Crippen molar-refractivity contribution in [3.05, 3.63) is 32.9 Å². The number of nitrogens with one attached hydrogen (secondary N) is 1.